The Morgan fingerprint density at radius 3 is 2.63 bits per heavy atom. The number of carbonyl (C=O) groups excluding carboxylic acids is 1. The minimum absolute atomic E-state index is 0.0171. The highest BCUT2D eigenvalue weighted by molar-refractivity contribution is 6.29. The van der Waals surface area contributed by atoms with Crippen LogP contribution in [0.2, 0.25) is 0 Å². The van der Waals surface area contributed by atoms with Crippen LogP contribution in [-0.2, 0) is 4.79 Å². The average molecular weight is 620 g/mol. The van der Waals surface area contributed by atoms with Crippen LogP contribution in [0.4, 0.5) is 0 Å². The van der Waals surface area contributed by atoms with E-state index in [9.17, 15) is 4.79 Å². The quantitative estimate of drug-likeness (QED) is 0.184. The average Bonchev–Trinajstić information content (AvgIpc) is 3.27. The molecule has 43 heavy (non-hydrogen) atoms. The molecular weight excluding hydrogens is 558 g/mol. The van der Waals surface area contributed by atoms with Crippen LogP contribution in [0.25, 0.3) is 0 Å². The van der Waals surface area contributed by atoms with Gasteiger partial charge in [-0.15, -0.1) is 0 Å². The van der Waals surface area contributed by atoms with Gasteiger partial charge in [-0.2, -0.15) is 0 Å². The molecule has 7 atom stereocenters. The van der Waals surface area contributed by atoms with Crippen molar-refractivity contribution >= 4 is 17.5 Å². The van der Waals surface area contributed by atoms with Crippen LogP contribution < -0.4 is 22.1 Å². The normalized spacial score (nSPS) is 36.4. The lowest BCUT2D eigenvalue weighted by Crippen LogP contribution is -2.66. The van der Waals surface area contributed by atoms with Crippen molar-refractivity contribution in [3.63, 3.8) is 0 Å². The molecule has 1 amide bonds. The monoisotopic (exact) mass is 619 g/mol. The van der Waals surface area contributed by atoms with Gasteiger partial charge in [-0.3, -0.25) is 14.6 Å². The molecule has 4 aliphatic heterocycles. The number of rotatable bonds is 13. The van der Waals surface area contributed by atoms with Gasteiger partial charge >= 0.3 is 0 Å². The molecule has 0 aromatic heterocycles. The number of nitrogens with zero attached hydrogens (tertiary/aromatic N) is 3. The van der Waals surface area contributed by atoms with E-state index in [0.29, 0.717) is 18.6 Å². The van der Waals surface area contributed by atoms with Crippen LogP contribution in [0.1, 0.15) is 97.8 Å². The molecule has 0 radical (unpaired) electrons. The number of nitrogens with two attached hydrogens (primary N) is 2. The van der Waals surface area contributed by atoms with E-state index in [1.54, 1.807) is 0 Å². The summed E-state index contributed by atoms with van der Waals surface area (Å²) in [6.07, 6.45) is 15.9. The summed E-state index contributed by atoms with van der Waals surface area (Å²) in [7, 11) is 0. The number of piperidine rings is 1. The summed E-state index contributed by atoms with van der Waals surface area (Å²) in [5.41, 5.74) is 13.2. The van der Waals surface area contributed by atoms with E-state index in [1.807, 2.05) is 0 Å². The number of unbranched alkanes of at least 4 members (excludes halogenated alkanes) is 4. The Balaban J connectivity index is 1.31. The largest absolute Gasteiger partial charge is 0.350 e. The van der Waals surface area contributed by atoms with Gasteiger partial charge in [0.15, 0.2) is 0 Å². The molecule has 8 nitrogen and oxygen atoms in total. The van der Waals surface area contributed by atoms with Crippen molar-refractivity contribution in [2.24, 2.45) is 28.2 Å². The number of carbonyl (C=O) groups is 1. The maximum atomic E-state index is 14.4. The van der Waals surface area contributed by atoms with Crippen molar-refractivity contribution in [2.45, 2.75) is 128 Å². The van der Waals surface area contributed by atoms with Crippen molar-refractivity contribution < 1.29 is 4.79 Å². The van der Waals surface area contributed by atoms with Crippen LogP contribution in [-0.4, -0.2) is 103 Å². The Bertz CT molecular complexity index is 963. The molecule has 6 unspecified atom stereocenters. The van der Waals surface area contributed by atoms with Gasteiger partial charge in [-0.25, -0.2) is 0 Å². The zero-order valence-corrected chi connectivity index (χ0v) is 28.2. The molecule has 5 rings (SSSR count). The van der Waals surface area contributed by atoms with Crippen molar-refractivity contribution in [3.05, 3.63) is 11.1 Å². The van der Waals surface area contributed by atoms with Crippen molar-refractivity contribution in [2.75, 3.05) is 52.4 Å². The number of nitrogens with one attached hydrogen (secondary N) is 2. The van der Waals surface area contributed by atoms with E-state index in [0.717, 1.165) is 70.0 Å². The summed E-state index contributed by atoms with van der Waals surface area (Å²) in [5.74, 6) is -0.485. The van der Waals surface area contributed by atoms with E-state index in [2.05, 4.69) is 52.2 Å². The van der Waals surface area contributed by atoms with E-state index in [1.165, 1.54) is 57.9 Å². The second-order valence-electron chi connectivity index (χ2n) is 15.0. The highest BCUT2D eigenvalue weighted by Crippen LogP contribution is 2.70. The van der Waals surface area contributed by atoms with E-state index < -0.39 is 12.1 Å². The molecule has 1 aliphatic carbocycles. The first-order chi connectivity index (χ1) is 20.7. The van der Waals surface area contributed by atoms with Gasteiger partial charge in [0, 0.05) is 55.9 Å². The molecule has 0 aromatic carbocycles. The fourth-order valence-electron chi connectivity index (χ4n) is 9.30. The van der Waals surface area contributed by atoms with E-state index in [4.69, 9.17) is 23.1 Å². The topological polar surface area (TPSA) is 103 Å². The predicted octanol–water partition coefficient (Wildman–Crippen LogP) is 3.84. The third-order valence-electron chi connectivity index (χ3n) is 12.0. The summed E-state index contributed by atoms with van der Waals surface area (Å²) in [6, 6.07) is 1.01. The Kier molecular flexibility index (Phi) is 11.6. The number of likely N-dealkylation sites (tertiary alicyclic amines) is 1. The number of allylic oxidation sites excluding steroid dienone is 1. The molecule has 6 N–H and O–H groups in total. The van der Waals surface area contributed by atoms with Crippen LogP contribution in [0.15, 0.2) is 11.1 Å². The minimum atomic E-state index is -0.734. The summed E-state index contributed by atoms with van der Waals surface area (Å²) in [4.78, 5) is 22.3. The number of hydrogen-bond donors (Lipinski definition) is 4. The zero-order valence-electron chi connectivity index (χ0n) is 27.5. The highest BCUT2D eigenvalue weighted by Gasteiger charge is 2.63. The van der Waals surface area contributed by atoms with Gasteiger partial charge in [0.2, 0.25) is 5.91 Å². The number of fused-ring (bicyclic) bond motifs is 2. The molecule has 0 spiro atoms. The number of hydrogen-bond acceptors (Lipinski definition) is 7. The minimum Gasteiger partial charge on any atom is -0.350 e. The summed E-state index contributed by atoms with van der Waals surface area (Å²) in [6.45, 7) is 15.2. The maximum Gasteiger partial charge on any atom is 0.227 e. The Labute approximate surface area is 267 Å². The first-order valence-electron chi connectivity index (χ1n) is 17.8. The molecule has 246 valence electrons. The first-order valence-corrected chi connectivity index (χ1v) is 18.2. The van der Waals surface area contributed by atoms with Gasteiger partial charge in [0.05, 0.1) is 18.1 Å². The second-order valence-corrected chi connectivity index (χ2v) is 15.5. The van der Waals surface area contributed by atoms with E-state index >= 15 is 0 Å². The third-order valence-corrected chi connectivity index (χ3v) is 12.2. The molecule has 0 bridgehead atoms. The van der Waals surface area contributed by atoms with Gasteiger partial charge in [0.25, 0.3) is 0 Å². The Morgan fingerprint density at radius 2 is 1.86 bits per heavy atom. The molecular formula is C34H62ClN7O. The van der Waals surface area contributed by atoms with Crippen LogP contribution in [0.3, 0.4) is 0 Å². The standard InChI is InChI=1S/C34H62ClN7O/c1-4-6-8-9-14-40-16-12-29(42-18-17-41-15-10-11-26(41)22-42)28(23-40)39-32(43)30(31(36)37)27-20-34(13-7-5-2)24-33(34,3)19-25(35)21-38-27/h19,26-31,38H,4-18,20-24,36-37H2,1-3H3,(H,39,43)/t26-,27?,28?,29?,30?,33?,34?/m1/s1. The number of piperazine rings is 1. The van der Waals surface area contributed by atoms with Gasteiger partial charge < -0.3 is 27.0 Å². The lowest BCUT2D eigenvalue weighted by Gasteiger charge is -2.48. The molecule has 0 aromatic rings. The van der Waals surface area contributed by atoms with Crippen molar-refractivity contribution in [1.82, 2.24) is 25.3 Å². The smallest absolute Gasteiger partial charge is 0.227 e. The lowest BCUT2D eigenvalue weighted by molar-refractivity contribution is -0.129. The van der Waals surface area contributed by atoms with Crippen LogP contribution in [0.5, 0.6) is 0 Å². The first kappa shape index (κ1) is 33.6. The third kappa shape index (κ3) is 7.81. The van der Waals surface area contributed by atoms with Crippen LogP contribution >= 0.6 is 11.6 Å². The molecule has 5 aliphatic rings. The zero-order chi connectivity index (χ0) is 30.6. The Hall–Kier alpha value is -0.740. The SMILES string of the molecule is CCCCCCN1CCC(N2CCN3CCC[C@@H]3C2)C(NC(=O)C(C(N)N)C2CC3(CCCC)CC3(C)C=C(Cl)CN2)C1. The maximum absolute atomic E-state index is 14.4. The fraction of sp³-hybridized carbons (Fsp3) is 0.912. The lowest BCUT2D eigenvalue weighted by atomic mass is 9.78. The number of amides is 1. The Morgan fingerprint density at radius 1 is 1.07 bits per heavy atom. The second kappa shape index (κ2) is 14.8. The highest BCUT2D eigenvalue weighted by atomic mass is 35.5. The molecule has 3 saturated heterocycles. The molecule has 1 saturated carbocycles. The van der Waals surface area contributed by atoms with Gasteiger partial charge in [-0.05, 0) is 75.4 Å². The summed E-state index contributed by atoms with van der Waals surface area (Å²) >= 11 is 6.73. The van der Waals surface area contributed by atoms with E-state index in [-0.39, 0.29) is 28.8 Å². The predicted molar refractivity (Wildman–Crippen MR) is 178 cm³/mol. The number of halogens is 1. The summed E-state index contributed by atoms with van der Waals surface area (Å²) in [5, 5.41) is 8.08. The van der Waals surface area contributed by atoms with Crippen molar-refractivity contribution in [1.29, 1.82) is 0 Å². The fourth-order valence-corrected chi connectivity index (χ4v) is 9.62. The van der Waals surface area contributed by atoms with Crippen LogP contribution in [0, 0.1) is 16.7 Å². The molecule has 4 fully saturated rings. The molecule has 4 heterocycles. The molecule has 9 heteroatoms. The van der Waals surface area contributed by atoms with Gasteiger partial charge in [-0.1, -0.05) is 70.6 Å². The summed E-state index contributed by atoms with van der Waals surface area (Å²) < 4.78 is 0. The van der Waals surface area contributed by atoms with Crippen molar-refractivity contribution in [3.8, 4) is 0 Å². The van der Waals surface area contributed by atoms with Gasteiger partial charge in [0.1, 0.15) is 0 Å².